The molecule has 0 heterocycles. The van der Waals surface area contributed by atoms with E-state index in [1.165, 1.54) is 5.56 Å². The molecule has 0 N–H and O–H groups in total. The van der Waals surface area contributed by atoms with Crippen LogP contribution in [0.4, 0.5) is 0 Å². The first-order valence-corrected chi connectivity index (χ1v) is 5.55. The van der Waals surface area contributed by atoms with Crippen LogP contribution in [0.5, 0.6) is 0 Å². The summed E-state index contributed by atoms with van der Waals surface area (Å²) >= 11 is 0. The van der Waals surface area contributed by atoms with Crippen molar-refractivity contribution in [2.24, 2.45) is 0 Å². The van der Waals surface area contributed by atoms with Gasteiger partial charge in [0.25, 0.3) is 0 Å². The molecule has 0 aliphatic carbocycles. The van der Waals surface area contributed by atoms with Gasteiger partial charge in [-0.25, -0.2) is 0 Å². The van der Waals surface area contributed by atoms with Crippen LogP contribution in [0, 0.1) is 0 Å². The fraction of sp³-hybridized carbons (Fsp3) is 0.357. The fourth-order valence-electron chi connectivity index (χ4n) is 1.53. The minimum absolute atomic E-state index is 0. The summed E-state index contributed by atoms with van der Waals surface area (Å²) in [4.78, 5) is 11.7. The normalized spacial score (nSPS) is 10.5. The number of halogens is 1. The van der Waals surface area contributed by atoms with Crippen LogP contribution in [0.1, 0.15) is 12.0 Å². The number of ketones is 1. The molecular weight excluding hydrogens is 234 g/mol. The average Bonchev–Trinajstić information content (AvgIpc) is 2.27. The molecular formula is C14H20ClNO. The number of hydrogen-bond donors (Lipinski definition) is 0. The van der Waals surface area contributed by atoms with Gasteiger partial charge in [-0.05, 0) is 18.6 Å². The number of nitrogens with zero attached hydrogens (tertiary/aromatic N) is 1. The number of benzene rings is 1. The molecule has 94 valence electrons. The maximum atomic E-state index is 11.7. The quantitative estimate of drug-likeness (QED) is 0.620. The summed E-state index contributed by atoms with van der Waals surface area (Å²) in [6.45, 7) is 4.25. The molecule has 0 bridgehead atoms. The van der Waals surface area contributed by atoms with Gasteiger partial charge in [-0.15, -0.1) is 0 Å². The van der Waals surface area contributed by atoms with Gasteiger partial charge in [0, 0.05) is 6.42 Å². The third-order valence-electron chi connectivity index (χ3n) is 2.61. The lowest BCUT2D eigenvalue weighted by molar-refractivity contribution is -0.829. The number of aryl methyl sites for hydroxylation is 1. The lowest BCUT2D eigenvalue weighted by atomic mass is 10.1. The lowest BCUT2D eigenvalue weighted by Gasteiger charge is -2.23. The molecule has 3 heteroatoms. The van der Waals surface area contributed by atoms with Gasteiger partial charge in [0.15, 0.2) is 5.78 Å². The molecule has 0 saturated heterocycles. The summed E-state index contributed by atoms with van der Waals surface area (Å²) in [6, 6.07) is 10.1. The molecule has 2 nitrogen and oxygen atoms in total. The highest BCUT2D eigenvalue weighted by Crippen LogP contribution is 2.05. The van der Waals surface area contributed by atoms with Crippen LogP contribution in [0.3, 0.4) is 0 Å². The molecule has 0 aromatic heterocycles. The van der Waals surface area contributed by atoms with Crippen LogP contribution in [0.25, 0.3) is 0 Å². The van der Waals surface area contributed by atoms with Gasteiger partial charge in [-0.3, -0.25) is 9.28 Å². The molecule has 0 saturated carbocycles. The lowest BCUT2D eigenvalue weighted by Crippen LogP contribution is -3.00. The van der Waals surface area contributed by atoms with Crippen LogP contribution in [-0.4, -0.2) is 30.9 Å². The third-order valence-corrected chi connectivity index (χ3v) is 2.61. The van der Waals surface area contributed by atoms with E-state index in [4.69, 9.17) is 0 Å². The minimum atomic E-state index is 0. The summed E-state index contributed by atoms with van der Waals surface area (Å²) in [6.07, 6.45) is 3.23. The molecule has 0 radical (unpaired) electrons. The predicted molar refractivity (Wildman–Crippen MR) is 66.9 cm³/mol. The SMILES string of the molecule is C=C[N+](C)(C)CC(=O)CCc1ccccc1.[Cl-]. The summed E-state index contributed by atoms with van der Waals surface area (Å²) in [7, 11) is 3.96. The van der Waals surface area contributed by atoms with Crippen molar-refractivity contribution in [2.75, 3.05) is 20.6 Å². The van der Waals surface area contributed by atoms with E-state index >= 15 is 0 Å². The number of hydrogen-bond acceptors (Lipinski definition) is 1. The smallest absolute Gasteiger partial charge is 0.187 e. The predicted octanol–water partition coefficient (Wildman–Crippen LogP) is -0.588. The summed E-state index contributed by atoms with van der Waals surface area (Å²) in [5, 5.41) is 0. The largest absolute Gasteiger partial charge is 1.00 e. The van der Waals surface area contributed by atoms with E-state index in [1.807, 2.05) is 32.3 Å². The highest BCUT2D eigenvalue weighted by atomic mass is 35.5. The Morgan fingerprint density at radius 2 is 1.88 bits per heavy atom. The number of likely N-dealkylation sites (N-methyl/N-ethyl adjacent to an activating group) is 1. The summed E-state index contributed by atoms with van der Waals surface area (Å²) in [5.74, 6) is 0.286. The fourth-order valence-corrected chi connectivity index (χ4v) is 1.53. The first kappa shape index (κ1) is 15.9. The molecule has 1 rings (SSSR count). The van der Waals surface area contributed by atoms with E-state index in [0.717, 1.165) is 6.42 Å². The van der Waals surface area contributed by atoms with Crippen molar-refractivity contribution in [1.82, 2.24) is 0 Å². The number of carbonyl (C=O) groups is 1. The Hall–Kier alpha value is -1.12. The standard InChI is InChI=1S/C14H20NO.ClH/c1-4-15(2,3)12-14(16)11-10-13-8-6-5-7-9-13;/h4-9H,1,10-12H2,2-3H3;1H/q+1;/p-1. The van der Waals surface area contributed by atoms with Crippen LogP contribution in [-0.2, 0) is 11.2 Å². The van der Waals surface area contributed by atoms with E-state index in [-0.39, 0.29) is 18.2 Å². The molecule has 0 spiro atoms. The zero-order valence-corrected chi connectivity index (χ0v) is 11.3. The van der Waals surface area contributed by atoms with Gasteiger partial charge in [-0.2, -0.15) is 0 Å². The van der Waals surface area contributed by atoms with Gasteiger partial charge in [-0.1, -0.05) is 30.3 Å². The van der Waals surface area contributed by atoms with E-state index in [0.29, 0.717) is 17.4 Å². The van der Waals surface area contributed by atoms with Crippen molar-refractivity contribution >= 4 is 5.78 Å². The van der Waals surface area contributed by atoms with E-state index in [9.17, 15) is 4.79 Å². The maximum absolute atomic E-state index is 11.7. The topological polar surface area (TPSA) is 17.1 Å². The van der Waals surface area contributed by atoms with Crippen LogP contribution in [0.15, 0.2) is 43.1 Å². The van der Waals surface area contributed by atoms with Crippen molar-refractivity contribution in [1.29, 1.82) is 0 Å². The van der Waals surface area contributed by atoms with E-state index < -0.39 is 0 Å². The zero-order chi connectivity index (χ0) is 12.0. The number of carbonyl (C=O) groups excluding carboxylic acids is 1. The minimum Gasteiger partial charge on any atom is -1.00 e. The average molecular weight is 254 g/mol. The summed E-state index contributed by atoms with van der Waals surface area (Å²) < 4.78 is 0.549. The van der Waals surface area contributed by atoms with Crippen molar-refractivity contribution in [2.45, 2.75) is 12.8 Å². The van der Waals surface area contributed by atoms with Gasteiger partial charge in [0.1, 0.15) is 6.54 Å². The Balaban J connectivity index is 0.00000256. The highest BCUT2D eigenvalue weighted by molar-refractivity contribution is 5.79. The first-order chi connectivity index (χ1) is 7.53. The molecule has 0 atom stereocenters. The zero-order valence-electron chi connectivity index (χ0n) is 10.5. The van der Waals surface area contributed by atoms with E-state index in [2.05, 4.69) is 18.7 Å². The van der Waals surface area contributed by atoms with Crippen LogP contribution >= 0.6 is 0 Å². The molecule has 1 aromatic carbocycles. The number of quaternary nitrogens is 1. The van der Waals surface area contributed by atoms with Gasteiger partial charge in [0.05, 0.1) is 20.3 Å². The Morgan fingerprint density at radius 3 is 2.41 bits per heavy atom. The molecule has 0 aliphatic heterocycles. The van der Waals surface area contributed by atoms with Crippen LogP contribution < -0.4 is 12.4 Å². The second kappa shape index (κ2) is 7.25. The number of rotatable bonds is 6. The Bertz CT molecular complexity index is 360. The van der Waals surface area contributed by atoms with Gasteiger partial charge in [0.2, 0.25) is 0 Å². The van der Waals surface area contributed by atoms with Crippen molar-refractivity contribution in [3.05, 3.63) is 48.7 Å². The third kappa shape index (κ3) is 6.25. The summed E-state index contributed by atoms with van der Waals surface area (Å²) in [5.41, 5.74) is 1.22. The Morgan fingerprint density at radius 1 is 1.29 bits per heavy atom. The van der Waals surface area contributed by atoms with Crippen molar-refractivity contribution in [3.63, 3.8) is 0 Å². The molecule has 0 aliphatic rings. The Kier molecular flexibility index (Phi) is 6.78. The van der Waals surface area contributed by atoms with Crippen molar-refractivity contribution in [3.8, 4) is 0 Å². The molecule has 1 aromatic rings. The molecule has 17 heavy (non-hydrogen) atoms. The molecule has 0 fully saturated rings. The number of Topliss-reactive ketones (excluding diaryl/α,β-unsaturated/α-hetero) is 1. The monoisotopic (exact) mass is 253 g/mol. The van der Waals surface area contributed by atoms with Crippen LogP contribution in [0.2, 0.25) is 0 Å². The van der Waals surface area contributed by atoms with Gasteiger partial charge >= 0.3 is 0 Å². The van der Waals surface area contributed by atoms with E-state index in [1.54, 1.807) is 6.20 Å². The first-order valence-electron chi connectivity index (χ1n) is 5.55. The van der Waals surface area contributed by atoms with Crippen molar-refractivity contribution < 1.29 is 21.7 Å². The second-order valence-corrected chi connectivity index (χ2v) is 4.64. The highest BCUT2D eigenvalue weighted by Gasteiger charge is 2.15. The Labute approximate surface area is 110 Å². The second-order valence-electron chi connectivity index (χ2n) is 4.64. The maximum Gasteiger partial charge on any atom is 0.187 e. The molecule has 0 unspecified atom stereocenters. The van der Waals surface area contributed by atoms with Gasteiger partial charge < -0.3 is 12.4 Å². The molecule has 0 amide bonds.